The van der Waals surface area contributed by atoms with Crippen molar-refractivity contribution in [2.75, 3.05) is 20.6 Å². The van der Waals surface area contributed by atoms with Crippen molar-refractivity contribution in [1.82, 2.24) is 9.80 Å². The second-order valence-corrected chi connectivity index (χ2v) is 6.46. The van der Waals surface area contributed by atoms with Crippen LogP contribution in [-0.4, -0.2) is 36.5 Å². The third-order valence-corrected chi connectivity index (χ3v) is 4.27. The molecule has 0 fully saturated rings. The maximum absolute atomic E-state index is 2.42. The Morgan fingerprint density at radius 3 is 1.91 bits per heavy atom. The summed E-state index contributed by atoms with van der Waals surface area (Å²) in [6.07, 6.45) is 3.51. The number of hydrogen-bond acceptors (Lipinski definition) is 2. The highest BCUT2D eigenvalue weighted by Crippen LogP contribution is 2.10. The first-order valence-electron chi connectivity index (χ1n) is 8.43. The average molecular weight is 309 g/mol. The molecule has 23 heavy (non-hydrogen) atoms. The van der Waals surface area contributed by atoms with E-state index in [0.29, 0.717) is 6.04 Å². The molecule has 0 aliphatic heterocycles. The molecule has 0 amide bonds. The molecule has 0 heterocycles. The van der Waals surface area contributed by atoms with Crippen molar-refractivity contribution in [2.45, 2.75) is 32.5 Å². The van der Waals surface area contributed by atoms with Crippen LogP contribution in [0.25, 0.3) is 0 Å². The maximum Gasteiger partial charge on any atom is 0.0233 e. The molecule has 2 rings (SSSR count). The minimum atomic E-state index is 0.556. The molecular formula is C21H29N2. The molecule has 0 aliphatic rings. The summed E-state index contributed by atoms with van der Waals surface area (Å²) in [7, 11) is 4.39. The monoisotopic (exact) mass is 309 g/mol. The van der Waals surface area contributed by atoms with Gasteiger partial charge in [0.1, 0.15) is 0 Å². The van der Waals surface area contributed by atoms with Crippen LogP contribution in [0.1, 0.15) is 24.5 Å². The number of nitrogens with zero attached hydrogens (tertiary/aromatic N) is 2. The Morgan fingerprint density at radius 2 is 1.35 bits per heavy atom. The molecule has 0 aromatic heterocycles. The van der Waals surface area contributed by atoms with E-state index in [1.54, 1.807) is 0 Å². The normalized spacial score (nSPS) is 12.7. The van der Waals surface area contributed by atoms with Crippen LogP contribution in [0.4, 0.5) is 0 Å². The van der Waals surface area contributed by atoms with E-state index in [4.69, 9.17) is 0 Å². The van der Waals surface area contributed by atoms with Crippen LogP contribution in [0.2, 0.25) is 0 Å². The van der Waals surface area contributed by atoms with Crippen LogP contribution in [-0.2, 0) is 13.1 Å². The molecule has 1 atom stereocenters. The third kappa shape index (κ3) is 6.55. The van der Waals surface area contributed by atoms with Crippen molar-refractivity contribution in [3.63, 3.8) is 0 Å². The zero-order valence-electron chi connectivity index (χ0n) is 14.7. The van der Waals surface area contributed by atoms with E-state index in [1.165, 1.54) is 11.1 Å². The van der Waals surface area contributed by atoms with Gasteiger partial charge < -0.3 is 4.90 Å². The van der Waals surface area contributed by atoms with Crippen molar-refractivity contribution in [3.05, 3.63) is 78.2 Å². The first-order chi connectivity index (χ1) is 11.1. The lowest BCUT2D eigenvalue weighted by molar-refractivity contribution is 0.240. The van der Waals surface area contributed by atoms with Crippen LogP contribution in [0, 0.1) is 6.42 Å². The summed E-state index contributed by atoms with van der Waals surface area (Å²) < 4.78 is 0. The van der Waals surface area contributed by atoms with Crippen molar-refractivity contribution in [3.8, 4) is 0 Å². The second kappa shape index (κ2) is 9.49. The SMILES string of the molecule is CC(C[CH]CN(C)Cc1ccccc1)N(C)Cc1ccccc1. The van der Waals surface area contributed by atoms with Gasteiger partial charge in [-0.2, -0.15) is 0 Å². The summed E-state index contributed by atoms with van der Waals surface area (Å²) in [6, 6.07) is 21.9. The lowest BCUT2D eigenvalue weighted by atomic mass is 10.1. The van der Waals surface area contributed by atoms with Crippen LogP contribution >= 0.6 is 0 Å². The third-order valence-electron chi connectivity index (χ3n) is 4.27. The van der Waals surface area contributed by atoms with E-state index in [9.17, 15) is 0 Å². The zero-order chi connectivity index (χ0) is 16.5. The van der Waals surface area contributed by atoms with E-state index in [2.05, 4.69) is 97.9 Å². The fourth-order valence-electron chi connectivity index (χ4n) is 2.70. The number of benzene rings is 2. The van der Waals surface area contributed by atoms with Crippen molar-refractivity contribution >= 4 is 0 Å². The maximum atomic E-state index is 2.42. The highest BCUT2D eigenvalue weighted by Gasteiger charge is 2.10. The predicted molar refractivity (Wildman–Crippen MR) is 99.1 cm³/mol. The highest BCUT2D eigenvalue weighted by molar-refractivity contribution is 5.15. The van der Waals surface area contributed by atoms with Crippen molar-refractivity contribution < 1.29 is 0 Å². The van der Waals surface area contributed by atoms with Gasteiger partial charge in [0.2, 0.25) is 0 Å². The van der Waals surface area contributed by atoms with Gasteiger partial charge in [0.15, 0.2) is 0 Å². The van der Waals surface area contributed by atoms with Gasteiger partial charge in [-0.3, -0.25) is 4.90 Å². The Kier molecular flexibility index (Phi) is 7.31. The fourth-order valence-corrected chi connectivity index (χ4v) is 2.70. The van der Waals surface area contributed by atoms with Crippen LogP contribution in [0.5, 0.6) is 0 Å². The van der Waals surface area contributed by atoms with Gasteiger partial charge in [-0.15, -0.1) is 0 Å². The quantitative estimate of drug-likeness (QED) is 0.684. The molecule has 0 N–H and O–H groups in total. The van der Waals surface area contributed by atoms with Gasteiger partial charge in [-0.1, -0.05) is 60.7 Å². The summed E-state index contributed by atoms with van der Waals surface area (Å²) >= 11 is 0. The van der Waals surface area contributed by atoms with Gasteiger partial charge in [0.25, 0.3) is 0 Å². The number of rotatable bonds is 9. The van der Waals surface area contributed by atoms with Gasteiger partial charge in [-0.05, 0) is 45.0 Å². The van der Waals surface area contributed by atoms with Gasteiger partial charge in [0.05, 0.1) is 0 Å². The summed E-state index contributed by atoms with van der Waals surface area (Å²) in [5, 5.41) is 0. The minimum Gasteiger partial charge on any atom is -0.302 e. The standard InChI is InChI=1S/C21H29N2/c1-19(23(3)18-21-14-8-5-9-15-21)11-10-16-22(2)17-20-12-6-4-7-13-20/h4-10,12-15,19H,11,16-18H2,1-3H3. The predicted octanol–water partition coefficient (Wildman–Crippen LogP) is 4.23. The Morgan fingerprint density at radius 1 is 0.826 bits per heavy atom. The lowest BCUT2D eigenvalue weighted by Gasteiger charge is -2.25. The smallest absolute Gasteiger partial charge is 0.0233 e. The summed E-state index contributed by atoms with van der Waals surface area (Å²) in [6.45, 7) is 5.34. The minimum absolute atomic E-state index is 0.556. The van der Waals surface area contributed by atoms with E-state index in [0.717, 1.165) is 26.1 Å². The topological polar surface area (TPSA) is 6.48 Å². The Bertz CT molecular complexity index is 538. The second-order valence-electron chi connectivity index (χ2n) is 6.46. The summed E-state index contributed by atoms with van der Waals surface area (Å²) in [5.74, 6) is 0. The molecule has 1 radical (unpaired) electrons. The highest BCUT2D eigenvalue weighted by atomic mass is 15.1. The van der Waals surface area contributed by atoms with Gasteiger partial charge in [-0.25, -0.2) is 0 Å². The van der Waals surface area contributed by atoms with Gasteiger partial charge in [0, 0.05) is 25.7 Å². The van der Waals surface area contributed by atoms with Crippen molar-refractivity contribution in [1.29, 1.82) is 0 Å². The van der Waals surface area contributed by atoms with E-state index in [-0.39, 0.29) is 0 Å². The molecule has 0 saturated carbocycles. The molecule has 2 nitrogen and oxygen atoms in total. The molecule has 0 spiro atoms. The average Bonchev–Trinajstić information content (AvgIpc) is 2.56. The summed E-state index contributed by atoms with van der Waals surface area (Å²) in [4.78, 5) is 4.78. The van der Waals surface area contributed by atoms with Crippen LogP contribution < -0.4 is 0 Å². The van der Waals surface area contributed by atoms with Gasteiger partial charge >= 0.3 is 0 Å². The molecule has 0 saturated heterocycles. The first-order valence-corrected chi connectivity index (χ1v) is 8.43. The first kappa shape index (κ1) is 17.7. The Hall–Kier alpha value is -1.64. The van der Waals surface area contributed by atoms with E-state index < -0.39 is 0 Å². The fraction of sp³-hybridized carbons (Fsp3) is 0.381. The molecule has 0 aliphatic carbocycles. The molecule has 2 aromatic carbocycles. The molecular weight excluding hydrogens is 280 g/mol. The lowest BCUT2D eigenvalue weighted by Crippen LogP contribution is -2.30. The van der Waals surface area contributed by atoms with Crippen molar-refractivity contribution in [2.24, 2.45) is 0 Å². The number of hydrogen-bond donors (Lipinski definition) is 0. The van der Waals surface area contributed by atoms with E-state index in [1.807, 2.05) is 0 Å². The Labute approximate surface area is 141 Å². The summed E-state index contributed by atoms with van der Waals surface area (Å²) in [5.41, 5.74) is 2.75. The molecule has 0 bridgehead atoms. The zero-order valence-corrected chi connectivity index (χ0v) is 14.7. The molecule has 1 unspecified atom stereocenters. The van der Waals surface area contributed by atoms with Crippen LogP contribution in [0.15, 0.2) is 60.7 Å². The Balaban J connectivity index is 1.66. The molecule has 2 aromatic rings. The van der Waals surface area contributed by atoms with E-state index >= 15 is 0 Å². The van der Waals surface area contributed by atoms with Crippen LogP contribution in [0.3, 0.4) is 0 Å². The largest absolute Gasteiger partial charge is 0.302 e. The molecule has 2 heteroatoms. The molecule has 123 valence electrons.